The Balaban J connectivity index is 1.90. The molecule has 1 unspecified atom stereocenters. The Morgan fingerprint density at radius 2 is 2.26 bits per heavy atom. The number of hydrogen-bond acceptors (Lipinski definition) is 5. The molecule has 1 aromatic heterocycles. The molecule has 1 aromatic rings. The van der Waals surface area contributed by atoms with Crippen LogP contribution in [0.4, 0.5) is 0 Å². The lowest BCUT2D eigenvalue weighted by Crippen LogP contribution is -2.52. The second kappa shape index (κ2) is 6.45. The number of aryl methyl sites for hydroxylation is 1. The summed E-state index contributed by atoms with van der Waals surface area (Å²) in [5.74, 6) is 0.218. The van der Waals surface area contributed by atoms with E-state index in [-0.39, 0.29) is 11.9 Å². The van der Waals surface area contributed by atoms with E-state index in [9.17, 15) is 4.79 Å². The number of carbonyl (C=O) groups excluding carboxylic acids is 1. The molecule has 106 valence electrons. The van der Waals surface area contributed by atoms with E-state index in [1.165, 1.54) is 0 Å². The molecule has 1 amide bonds. The summed E-state index contributed by atoms with van der Waals surface area (Å²) in [6.45, 7) is 8.12. The van der Waals surface area contributed by atoms with Crippen molar-refractivity contribution in [2.45, 2.75) is 26.4 Å². The molecule has 0 bridgehead atoms. The Bertz CT molecular complexity index is 428. The van der Waals surface area contributed by atoms with Crippen LogP contribution in [0.1, 0.15) is 17.6 Å². The first-order valence-corrected chi connectivity index (χ1v) is 7.56. The zero-order valence-corrected chi connectivity index (χ0v) is 12.7. The van der Waals surface area contributed by atoms with Crippen LogP contribution in [-0.4, -0.2) is 60.0 Å². The van der Waals surface area contributed by atoms with Gasteiger partial charge in [0.1, 0.15) is 0 Å². The van der Waals surface area contributed by atoms with E-state index in [4.69, 9.17) is 0 Å². The Kier molecular flexibility index (Phi) is 4.90. The van der Waals surface area contributed by atoms with Crippen molar-refractivity contribution in [3.05, 3.63) is 16.1 Å². The van der Waals surface area contributed by atoms with E-state index in [1.807, 2.05) is 25.8 Å². The third-order valence-electron chi connectivity index (χ3n) is 3.53. The lowest BCUT2D eigenvalue weighted by molar-refractivity contribution is -0.136. The molecule has 5 nitrogen and oxygen atoms in total. The zero-order valence-electron chi connectivity index (χ0n) is 11.8. The van der Waals surface area contributed by atoms with Gasteiger partial charge in [0.15, 0.2) is 0 Å². The zero-order chi connectivity index (χ0) is 13.8. The fourth-order valence-electron chi connectivity index (χ4n) is 2.21. The van der Waals surface area contributed by atoms with E-state index >= 15 is 0 Å². The first-order valence-electron chi connectivity index (χ1n) is 6.68. The molecule has 1 N–H and O–H groups in total. The molecule has 1 saturated heterocycles. The first-order chi connectivity index (χ1) is 9.08. The Morgan fingerprint density at radius 3 is 2.84 bits per heavy atom. The van der Waals surface area contributed by atoms with Crippen molar-refractivity contribution in [3.63, 3.8) is 0 Å². The Labute approximate surface area is 118 Å². The van der Waals surface area contributed by atoms with E-state index in [0.29, 0.717) is 0 Å². The van der Waals surface area contributed by atoms with Gasteiger partial charge in [-0.05, 0) is 20.9 Å². The van der Waals surface area contributed by atoms with Crippen LogP contribution in [0.25, 0.3) is 0 Å². The summed E-state index contributed by atoms with van der Waals surface area (Å²) in [6.07, 6.45) is 0. The molecule has 0 aliphatic carbocycles. The summed E-state index contributed by atoms with van der Waals surface area (Å²) in [5.41, 5.74) is 1.05. The Morgan fingerprint density at radius 1 is 1.58 bits per heavy atom. The predicted octanol–water partition coefficient (Wildman–Crippen LogP) is 0.704. The van der Waals surface area contributed by atoms with Crippen molar-refractivity contribution in [1.29, 1.82) is 0 Å². The van der Waals surface area contributed by atoms with Crippen molar-refractivity contribution in [1.82, 2.24) is 20.1 Å². The molecule has 2 heterocycles. The molecule has 6 heteroatoms. The van der Waals surface area contributed by atoms with E-state index in [0.717, 1.165) is 43.4 Å². The molecule has 0 radical (unpaired) electrons. The van der Waals surface area contributed by atoms with Crippen LogP contribution in [0.5, 0.6) is 0 Å². The number of amides is 1. The fourth-order valence-corrected chi connectivity index (χ4v) is 2.82. The molecule has 0 spiro atoms. The van der Waals surface area contributed by atoms with E-state index < -0.39 is 0 Å². The van der Waals surface area contributed by atoms with Crippen molar-refractivity contribution in [3.8, 4) is 0 Å². The lowest BCUT2D eigenvalue weighted by atomic mass is 10.2. The summed E-state index contributed by atoms with van der Waals surface area (Å²) in [6, 6.07) is -0.0971. The molecule has 19 heavy (non-hydrogen) atoms. The number of thiazole rings is 1. The number of carbonyl (C=O) groups is 1. The second-order valence-corrected chi connectivity index (χ2v) is 6.09. The summed E-state index contributed by atoms with van der Waals surface area (Å²) >= 11 is 1.65. The minimum atomic E-state index is -0.0971. The van der Waals surface area contributed by atoms with Gasteiger partial charge in [-0.1, -0.05) is 0 Å². The van der Waals surface area contributed by atoms with Crippen LogP contribution < -0.4 is 5.32 Å². The van der Waals surface area contributed by atoms with Gasteiger partial charge in [-0.25, -0.2) is 4.98 Å². The summed E-state index contributed by atoms with van der Waals surface area (Å²) in [4.78, 5) is 20.8. The van der Waals surface area contributed by atoms with Gasteiger partial charge < -0.3 is 10.2 Å². The first kappa shape index (κ1) is 14.4. The minimum Gasteiger partial charge on any atom is -0.339 e. The molecular formula is C13H22N4OS. The minimum absolute atomic E-state index is 0.0971. The molecule has 1 aliphatic rings. The van der Waals surface area contributed by atoms with Gasteiger partial charge in [0.05, 0.1) is 16.7 Å². The monoisotopic (exact) mass is 282 g/mol. The maximum absolute atomic E-state index is 12.4. The largest absolute Gasteiger partial charge is 0.339 e. The van der Waals surface area contributed by atoms with Gasteiger partial charge in [0, 0.05) is 38.1 Å². The SMILES string of the molecule is Cc1nc(CN(C)C(C)C(=O)N2CCNCC2)cs1. The van der Waals surface area contributed by atoms with Crippen molar-refractivity contribution >= 4 is 17.2 Å². The predicted molar refractivity (Wildman–Crippen MR) is 77.2 cm³/mol. The molecule has 2 rings (SSSR count). The van der Waals surface area contributed by atoms with Crippen LogP contribution in [0, 0.1) is 6.92 Å². The topological polar surface area (TPSA) is 48.5 Å². The van der Waals surface area contributed by atoms with E-state index in [1.54, 1.807) is 11.3 Å². The molecule has 0 aromatic carbocycles. The summed E-state index contributed by atoms with van der Waals surface area (Å²) in [5, 5.41) is 6.40. The number of aromatic nitrogens is 1. The highest BCUT2D eigenvalue weighted by Gasteiger charge is 2.25. The highest BCUT2D eigenvalue weighted by molar-refractivity contribution is 7.09. The van der Waals surface area contributed by atoms with Gasteiger partial charge in [-0.2, -0.15) is 0 Å². The van der Waals surface area contributed by atoms with E-state index in [2.05, 4.69) is 20.6 Å². The number of rotatable bonds is 4. The Hall–Kier alpha value is -0.980. The maximum atomic E-state index is 12.4. The molecular weight excluding hydrogens is 260 g/mol. The van der Waals surface area contributed by atoms with Crippen molar-refractivity contribution < 1.29 is 4.79 Å². The van der Waals surface area contributed by atoms with Crippen LogP contribution in [0.15, 0.2) is 5.38 Å². The highest BCUT2D eigenvalue weighted by Crippen LogP contribution is 2.12. The third-order valence-corrected chi connectivity index (χ3v) is 4.35. The highest BCUT2D eigenvalue weighted by atomic mass is 32.1. The van der Waals surface area contributed by atoms with Crippen LogP contribution >= 0.6 is 11.3 Å². The standard InChI is InChI=1S/C13H22N4OS/c1-10(13(18)17-6-4-14-5-7-17)16(3)8-12-9-19-11(2)15-12/h9-10,14H,4-8H2,1-3H3. The quantitative estimate of drug-likeness (QED) is 0.883. The van der Waals surface area contributed by atoms with Gasteiger partial charge >= 0.3 is 0 Å². The third kappa shape index (κ3) is 3.75. The number of nitrogens with zero attached hydrogens (tertiary/aromatic N) is 3. The van der Waals surface area contributed by atoms with Crippen LogP contribution in [0.3, 0.4) is 0 Å². The lowest BCUT2D eigenvalue weighted by Gasteiger charge is -2.32. The maximum Gasteiger partial charge on any atom is 0.239 e. The van der Waals surface area contributed by atoms with Crippen molar-refractivity contribution in [2.24, 2.45) is 0 Å². The van der Waals surface area contributed by atoms with Crippen molar-refractivity contribution in [2.75, 3.05) is 33.2 Å². The number of hydrogen-bond donors (Lipinski definition) is 1. The summed E-state index contributed by atoms with van der Waals surface area (Å²) in [7, 11) is 1.99. The molecule has 1 fully saturated rings. The van der Waals surface area contributed by atoms with Gasteiger partial charge in [-0.15, -0.1) is 11.3 Å². The average molecular weight is 282 g/mol. The van der Waals surface area contributed by atoms with Crippen LogP contribution in [0.2, 0.25) is 0 Å². The second-order valence-electron chi connectivity index (χ2n) is 5.02. The smallest absolute Gasteiger partial charge is 0.239 e. The normalized spacial score (nSPS) is 17.8. The number of nitrogens with one attached hydrogen (secondary N) is 1. The summed E-state index contributed by atoms with van der Waals surface area (Å²) < 4.78 is 0. The van der Waals surface area contributed by atoms with Gasteiger partial charge in [0.25, 0.3) is 0 Å². The van der Waals surface area contributed by atoms with Crippen LogP contribution in [-0.2, 0) is 11.3 Å². The molecule has 0 saturated carbocycles. The number of piperazine rings is 1. The fraction of sp³-hybridized carbons (Fsp3) is 0.692. The molecule has 1 aliphatic heterocycles. The average Bonchev–Trinajstić information content (AvgIpc) is 2.83. The van der Waals surface area contributed by atoms with Gasteiger partial charge in [-0.3, -0.25) is 9.69 Å². The number of likely N-dealkylation sites (N-methyl/N-ethyl adjacent to an activating group) is 1. The molecule has 1 atom stereocenters. The van der Waals surface area contributed by atoms with Gasteiger partial charge in [0.2, 0.25) is 5.91 Å².